The van der Waals surface area contributed by atoms with Crippen LogP contribution in [0.1, 0.15) is 57.7 Å². The van der Waals surface area contributed by atoms with Gasteiger partial charge in [0.2, 0.25) is 5.91 Å². The van der Waals surface area contributed by atoms with Crippen LogP contribution >= 0.6 is 11.8 Å². The molecule has 0 aromatic heterocycles. The van der Waals surface area contributed by atoms with Crippen LogP contribution in [0.2, 0.25) is 0 Å². The maximum atomic E-state index is 13.4. The van der Waals surface area contributed by atoms with Crippen LogP contribution in [0, 0.1) is 0 Å². The Labute approximate surface area is 237 Å². The number of thioether (sulfide) groups is 1. The zero-order valence-electron chi connectivity index (χ0n) is 22.3. The lowest BCUT2D eigenvalue weighted by Crippen LogP contribution is -2.53. The van der Waals surface area contributed by atoms with Crippen LogP contribution in [-0.2, 0) is 19.1 Å². The molecular weight excluding hydrogens is 534 g/mol. The molecule has 10 nitrogen and oxygen atoms in total. The molecule has 4 rings (SSSR count). The molecule has 2 heterocycles. The predicted molar refractivity (Wildman–Crippen MR) is 149 cm³/mol. The lowest BCUT2D eigenvalue weighted by molar-refractivity contribution is -0.148. The van der Waals surface area contributed by atoms with Crippen molar-refractivity contribution in [2.45, 2.75) is 43.5 Å². The SMILES string of the molecule is CCOC(=O)[C@@H](CCCCN1C(=O)c2ccccc2C1=O)NC1CSC(c2ccccc2)CN(CC(=O)O)C1=O. The Kier molecular flexibility index (Phi) is 9.94. The van der Waals surface area contributed by atoms with E-state index in [9.17, 15) is 29.1 Å². The second-order valence-corrected chi connectivity index (χ2v) is 10.9. The van der Waals surface area contributed by atoms with E-state index in [4.69, 9.17) is 4.74 Å². The summed E-state index contributed by atoms with van der Waals surface area (Å²) in [6.45, 7) is 1.88. The number of hydrogen-bond acceptors (Lipinski definition) is 8. The first-order valence-corrected chi connectivity index (χ1v) is 14.4. The number of carboxylic acids is 1. The van der Waals surface area contributed by atoms with E-state index in [0.717, 1.165) is 5.56 Å². The van der Waals surface area contributed by atoms with E-state index in [0.29, 0.717) is 36.1 Å². The number of imide groups is 1. The Balaban J connectivity index is 1.40. The Morgan fingerprint density at radius 3 is 2.30 bits per heavy atom. The number of carbonyl (C=O) groups excluding carboxylic acids is 4. The van der Waals surface area contributed by atoms with Gasteiger partial charge in [0, 0.05) is 24.1 Å². The number of fused-ring (bicyclic) bond motifs is 1. The molecule has 0 spiro atoms. The fourth-order valence-electron chi connectivity index (χ4n) is 4.96. The summed E-state index contributed by atoms with van der Waals surface area (Å²) in [4.78, 5) is 65.6. The van der Waals surface area contributed by atoms with Crippen molar-refractivity contribution < 1.29 is 33.8 Å². The summed E-state index contributed by atoms with van der Waals surface area (Å²) < 4.78 is 5.25. The number of amides is 3. The zero-order valence-corrected chi connectivity index (χ0v) is 23.1. The summed E-state index contributed by atoms with van der Waals surface area (Å²) in [5, 5.41) is 12.5. The molecule has 2 N–H and O–H groups in total. The summed E-state index contributed by atoms with van der Waals surface area (Å²) in [5.74, 6) is -2.30. The number of hydrogen-bond donors (Lipinski definition) is 2. The van der Waals surface area contributed by atoms with Gasteiger partial charge in [-0.2, -0.15) is 0 Å². The molecule has 40 heavy (non-hydrogen) atoms. The lowest BCUT2D eigenvalue weighted by Gasteiger charge is -2.27. The number of carboxylic acid groups (broad SMARTS) is 1. The Morgan fingerprint density at radius 1 is 1.02 bits per heavy atom. The second kappa shape index (κ2) is 13.6. The quantitative estimate of drug-likeness (QED) is 0.226. The van der Waals surface area contributed by atoms with Crippen LogP contribution in [0.5, 0.6) is 0 Å². The average Bonchev–Trinajstić information content (AvgIpc) is 3.09. The molecule has 212 valence electrons. The van der Waals surface area contributed by atoms with Crippen molar-refractivity contribution in [2.24, 2.45) is 0 Å². The van der Waals surface area contributed by atoms with Crippen molar-refractivity contribution in [1.82, 2.24) is 15.1 Å². The number of ether oxygens (including phenoxy) is 1. The number of esters is 1. The van der Waals surface area contributed by atoms with Crippen LogP contribution in [0.25, 0.3) is 0 Å². The van der Waals surface area contributed by atoms with Crippen LogP contribution < -0.4 is 5.32 Å². The number of nitrogens with one attached hydrogen (secondary N) is 1. The molecule has 0 aliphatic carbocycles. The molecule has 2 aliphatic heterocycles. The first-order valence-electron chi connectivity index (χ1n) is 13.3. The summed E-state index contributed by atoms with van der Waals surface area (Å²) >= 11 is 1.53. The van der Waals surface area contributed by atoms with Gasteiger partial charge in [-0.05, 0) is 43.9 Å². The van der Waals surface area contributed by atoms with Crippen LogP contribution in [0.3, 0.4) is 0 Å². The minimum absolute atomic E-state index is 0.114. The Bertz CT molecular complexity index is 1220. The average molecular weight is 568 g/mol. The van der Waals surface area contributed by atoms with Crippen molar-refractivity contribution in [3.8, 4) is 0 Å². The van der Waals surface area contributed by atoms with Gasteiger partial charge in [-0.25, -0.2) is 0 Å². The highest BCUT2D eigenvalue weighted by Crippen LogP contribution is 2.33. The van der Waals surface area contributed by atoms with Gasteiger partial charge in [0.05, 0.1) is 23.8 Å². The number of benzene rings is 2. The molecule has 0 radical (unpaired) electrons. The molecule has 11 heteroatoms. The van der Waals surface area contributed by atoms with Crippen LogP contribution in [-0.4, -0.2) is 88.6 Å². The van der Waals surface area contributed by atoms with Crippen molar-refractivity contribution in [1.29, 1.82) is 0 Å². The van der Waals surface area contributed by atoms with E-state index in [1.54, 1.807) is 31.2 Å². The molecule has 1 saturated heterocycles. The van der Waals surface area contributed by atoms with E-state index in [2.05, 4.69) is 5.32 Å². The van der Waals surface area contributed by atoms with Crippen LogP contribution in [0.15, 0.2) is 54.6 Å². The van der Waals surface area contributed by atoms with Gasteiger partial charge in [0.15, 0.2) is 0 Å². The first kappa shape index (κ1) is 29.3. The monoisotopic (exact) mass is 567 g/mol. The van der Waals surface area contributed by atoms with Crippen molar-refractivity contribution in [2.75, 3.05) is 32.0 Å². The van der Waals surface area contributed by atoms with Gasteiger partial charge in [-0.1, -0.05) is 42.5 Å². The largest absolute Gasteiger partial charge is 0.480 e. The summed E-state index contributed by atoms with van der Waals surface area (Å²) in [6.07, 6.45) is 1.28. The molecule has 3 amide bonds. The van der Waals surface area contributed by atoms with E-state index in [1.165, 1.54) is 21.6 Å². The van der Waals surface area contributed by atoms with Gasteiger partial charge in [-0.3, -0.25) is 34.2 Å². The zero-order chi connectivity index (χ0) is 28.6. The van der Waals surface area contributed by atoms with E-state index >= 15 is 0 Å². The molecule has 2 aromatic carbocycles. The highest BCUT2D eigenvalue weighted by molar-refractivity contribution is 7.99. The smallest absolute Gasteiger partial charge is 0.323 e. The fourth-order valence-corrected chi connectivity index (χ4v) is 6.26. The molecule has 2 aliphatic rings. The summed E-state index contributed by atoms with van der Waals surface area (Å²) in [7, 11) is 0. The maximum Gasteiger partial charge on any atom is 0.323 e. The standard InChI is InChI=1S/C29H33N3O7S/c1-2-39-29(38)22(14-8-9-15-32-26(35)20-12-6-7-13-21(20)27(32)36)30-23-18-40-24(19-10-4-3-5-11-19)16-31(28(23)37)17-25(33)34/h3-7,10-13,22-24,30H,2,8-9,14-18H2,1H3,(H,33,34)/t22-,23?,24?/m1/s1. The number of rotatable bonds is 12. The Morgan fingerprint density at radius 2 is 1.68 bits per heavy atom. The van der Waals surface area contributed by atoms with Gasteiger partial charge in [0.25, 0.3) is 11.8 Å². The number of carbonyl (C=O) groups is 5. The summed E-state index contributed by atoms with van der Waals surface area (Å²) in [5.41, 5.74) is 1.77. The second-order valence-electron chi connectivity index (χ2n) is 9.67. The first-order chi connectivity index (χ1) is 19.3. The number of aliphatic carboxylic acids is 1. The summed E-state index contributed by atoms with van der Waals surface area (Å²) in [6, 6.07) is 14.7. The fraction of sp³-hybridized carbons (Fsp3) is 0.414. The third kappa shape index (κ3) is 6.89. The van der Waals surface area contributed by atoms with Crippen molar-refractivity contribution >= 4 is 41.4 Å². The molecular formula is C29H33N3O7S. The molecule has 1 fully saturated rings. The highest BCUT2D eigenvalue weighted by Gasteiger charge is 2.37. The third-order valence-corrected chi connectivity index (χ3v) is 8.28. The minimum atomic E-state index is -1.11. The van der Waals surface area contributed by atoms with E-state index < -0.39 is 30.6 Å². The minimum Gasteiger partial charge on any atom is -0.480 e. The molecule has 0 bridgehead atoms. The molecule has 3 atom stereocenters. The predicted octanol–water partition coefficient (Wildman–Crippen LogP) is 2.74. The van der Waals surface area contributed by atoms with Crippen molar-refractivity contribution in [3.05, 3.63) is 71.3 Å². The molecule has 0 saturated carbocycles. The van der Waals surface area contributed by atoms with Gasteiger partial charge >= 0.3 is 11.9 Å². The third-order valence-electron chi connectivity index (χ3n) is 6.93. The highest BCUT2D eigenvalue weighted by atomic mass is 32.2. The molecule has 2 unspecified atom stereocenters. The molecule has 2 aromatic rings. The number of unbranched alkanes of at least 4 members (excludes halogenated alkanes) is 1. The topological polar surface area (TPSA) is 133 Å². The van der Waals surface area contributed by atoms with Gasteiger partial charge in [0.1, 0.15) is 12.6 Å². The number of nitrogens with zero attached hydrogens (tertiary/aromatic N) is 2. The maximum absolute atomic E-state index is 13.4. The van der Waals surface area contributed by atoms with E-state index in [1.807, 2.05) is 30.3 Å². The normalized spacial score (nSPS) is 19.8. The Hall–Kier alpha value is -3.70. The van der Waals surface area contributed by atoms with Gasteiger partial charge < -0.3 is 14.7 Å². The van der Waals surface area contributed by atoms with Gasteiger partial charge in [-0.15, -0.1) is 11.8 Å². The van der Waals surface area contributed by atoms with E-state index in [-0.39, 0.29) is 42.7 Å². The van der Waals surface area contributed by atoms with Crippen molar-refractivity contribution in [3.63, 3.8) is 0 Å². The lowest BCUT2D eigenvalue weighted by atomic mass is 10.1. The van der Waals surface area contributed by atoms with Crippen LogP contribution in [0.4, 0.5) is 0 Å².